The van der Waals surface area contributed by atoms with E-state index in [2.05, 4.69) is 16.0 Å². The van der Waals surface area contributed by atoms with Gasteiger partial charge in [-0.15, -0.1) is 0 Å². The van der Waals surface area contributed by atoms with Crippen molar-refractivity contribution in [3.8, 4) is 0 Å². The zero-order valence-electron chi connectivity index (χ0n) is 28.0. The van der Waals surface area contributed by atoms with Crippen molar-refractivity contribution in [3.05, 3.63) is 0 Å². The highest BCUT2D eigenvalue weighted by atomic mass is 16.4. The second-order valence-corrected chi connectivity index (χ2v) is 13.3. The molecule has 9 N–H and O–H groups in total. The van der Waals surface area contributed by atoms with Crippen molar-refractivity contribution in [2.45, 2.75) is 125 Å². The molecule has 0 aromatic rings. The lowest BCUT2D eigenvalue weighted by Crippen LogP contribution is -2.57. The number of hydrogen-bond donors (Lipinski definition) is 7. The number of carboxylic acids is 1. The number of aliphatic hydroxyl groups excluding tert-OH is 1. The number of hydrogen-bond acceptors (Lipinski definition) is 9. The van der Waals surface area contributed by atoms with Gasteiger partial charge in [-0.3, -0.25) is 39.3 Å². The van der Waals surface area contributed by atoms with Crippen molar-refractivity contribution in [1.82, 2.24) is 26.0 Å². The Morgan fingerprint density at radius 1 is 0.727 bits per heavy atom. The largest absolute Gasteiger partial charge is 0.481 e. The van der Waals surface area contributed by atoms with Gasteiger partial charge in [-0.25, -0.2) is 11.7 Å². The van der Waals surface area contributed by atoms with Crippen molar-refractivity contribution in [2.75, 3.05) is 13.1 Å². The molecule has 0 rings (SSSR count). The van der Waals surface area contributed by atoms with Crippen LogP contribution < -0.4 is 27.6 Å². The number of nitrogens with one attached hydrogen (secondary N) is 3. The highest BCUT2D eigenvalue weighted by Gasteiger charge is 2.29. The standard InChI is InChI=1S/C30H59N7O7/c1-18(2)13-22(33-26(40)17-37(32)30(44)29(21(7)8)35-24(38)15-20(5)6)9-11-27(41)36(31)16-25(39)34-23(14-19(3)4)10-12-28(42)43/h18-23,26,29,33,40H,9-17,31-32H2,1-8H3,(H,34,39)(H,35,38)(H,42,43). The van der Waals surface area contributed by atoms with Crippen LogP contribution in [0.15, 0.2) is 0 Å². The van der Waals surface area contributed by atoms with E-state index in [9.17, 15) is 29.1 Å². The molecule has 256 valence electrons. The highest BCUT2D eigenvalue weighted by Crippen LogP contribution is 2.13. The number of aliphatic hydroxyl groups is 1. The predicted molar refractivity (Wildman–Crippen MR) is 168 cm³/mol. The third-order valence-electron chi connectivity index (χ3n) is 6.85. The minimum Gasteiger partial charge on any atom is -0.481 e. The van der Waals surface area contributed by atoms with E-state index >= 15 is 0 Å². The molecule has 4 atom stereocenters. The van der Waals surface area contributed by atoms with Crippen LogP contribution in [0.2, 0.25) is 0 Å². The lowest BCUT2D eigenvalue weighted by Gasteiger charge is -2.30. The summed E-state index contributed by atoms with van der Waals surface area (Å²) in [7, 11) is 0. The van der Waals surface area contributed by atoms with Gasteiger partial charge >= 0.3 is 5.97 Å². The number of nitrogens with two attached hydrogens (primary N) is 2. The molecule has 0 aromatic carbocycles. The lowest BCUT2D eigenvalue weighted by molar-refractivity contribution is -0.139. The van der Waals surface area contributed by atoms with Gasteiger partial charge in [0.15, 0.2) is 0 Å². The number of carbonyl (C=O) groups is 5. The fourth-order valence-electron chi connectivity index (χ4n) is 4.81. The van der Waals surface area contributed by atoms with Crippen molar-refractivity contribution >= 4 is 29.6 Å². The van der Waals surface area contributed by atoms with Crippen molar-refractivity contribution < 1.29 is 34.2 Å². The smallest absolute Gasteiger partial charge is 0.303 e. The fraction of sp³-hybridized carbons (Fsp3) is 0.833. The molecule has 0 aliphatic heterocycles. The summed E-state index contributed by atoms with van der Waals surface area (Å²) in [6.45, 7) is 14.7. The average molecular weight is 630 g/mol. The third kappa shape index (κ3) is 18.8. The molecule has 14 nitrogen and oxygen atoms in total. The number of hydrazine groups is 2. The predicted octanol–water partition coefficient (Wildman–Crippen LogP) is 1.08. The van der Waals surface area contributed by atoms with E-state index < -0.39 is 36.0 Å². The molecule has 0 bridgehead atoms. The van der Waals surface area contributed by atoms with Crippen LogP contribution in [0.4, 0.5) is 0 Å². The number of rotatable bonds is 22. The first-order valence-corrected chi connectivity index (χ1v) is 15.7. The zero-order valence-corrected chi connectivity index (χ0v) is 28.0. The first-order chi connectivity index (χ1) is 20.3. The maximum atomic E-state index is 13.0. The van der Waals surface area contributed by atoms with E-state index in [1.165, 1.54) is 0 Å². The van der Waals surface area contributed by atoms with Crippen LogP contribution in [0.25, 0.3) is 0 Å². The summed E-state index contributed by atoms with van der Waals surface area (Å²) in [6.07, 6.45) is 0.769. The zero-order chi connectivity index (χ0) is 34.1. The van der Waals surface area contributed by atoms with Crippen molar-refractivity contribution in [1.29, 1.82) is 0 Å². The number of carboxylic acid groups (broad SMARTS) is 1. The van der Waals surface area contributed by atoms with E-state index in [-0.39, 0.29) is 80.4 Å². The normalized spacial score (nSPS) is 14.3. The van der Waals surface area contributed by atoms with E-state index in [0.717, 1.165) is 10.0 Å². The molecule has 0 saturated heterocycles. The van der Waals surface area contributed by atoms with E-state index in [1.54, 1.807) is 13.8 Å². The number of carbonyl (C=O) groups excluding carboxylic acids is 4. The monoisotopic (exact) mass is 629 g/mol. The first kappa shape index (κ1) is 41.2. The maximum absolute atomic E-state index is 13.0. The van der Waals surface area contributed by atoms with Gasteiger partial charge < -0.3 is 20.8 Å². The van der Waals surface area contributed by atoms with Gasteiger partial charge in [-0.05, 0) is 49.4 Å². The van der Waals surface area contributed by atoms with E-state index in [1.807, 2.05) is 41.5 Å². The Morgan fingerprint density at radius 2 is 1.27 bits per heavy atom. The molecule has 0 aromatic heterocycles. The number of nitrogens with zero attached hydrogens (tertiary/aromatic N) is 2. The molecule has 0 saturated carbocycles. The van der Waals surface area contributed by atoms with Gasteiger partial charge in [0.25, 0.3) is 5.91 Å². The van der Waals surface area contributed by atoms with Gasteiger partial charge in [0, 0.05) is 31.3 Å². The summed E-state index contributed by atoms with van der Waals surface area (Å²) in [5, 5.41) is 30.0. The highest BCUT2D eigenvalue weighted by molar-refractivity contribution is 5.87. The van der Waals surface area contributed by atoms with Gasteiger partial charge in [0.2, 0.25) is 17.7 Å². The van der Waals surface area contributed by atoms with E-state index in [0.29, 0.717) is 19.3 Å². The molecule has 0 aliphatic carbocycles. The number of aliphatic carboxylic acids is 1. The SMILES string of the molecule is CC(C)CC(=O)NC(C(=O)N(N)CC(O)NC(CCC(=O)N(N)CC(=O)NC(CCC(=O)O)CC(C)C)CC(C)C)C(C)C. The fourth-order valence-corrected chi connectivity index (χ4v) is 4.81. The Bertz CT molecular complexity index is 914. The molecule has 0 fully saturated rings. The Morgan fingerprint density at radius 3 is 1.77 bits per heavy atom. The van der Waals surface area contributed by atoms with Crippen molar-refractivity contribution in [3.63, 3.8) is 0 Å². The Balaban J connectivity index is 5.09. The minimum atomic E-state index is -1.20. The van der Waals surface area contributed by atoms with Crippen LogP contribution in [0.3, 0.4) is 0 Å². The Hall–Kier alpha value is -2.81. The van der Waals surface area contributed by atoms with Gasteiger partial charge in [0.05, 0.1) is 6.54 Å². The quantitative estimate of drug-likeness (QED) is 0.0391. The second-order valence-electron chi connectivity index (χ2n) is 13.3. The molecular formula is C30H59N7O7. The topological polar surface area (TPSA) is 220 Å². The van der Waals surface area contributed by atoms with Crippen LogP contribution in [0.5, 0.6) is 0 Å². The van der Waals surface area contributed by atoms with Crippen molar-refractivity contribution in [2.24, 2.45) is 35.4 Å². The summed E-state index contributed by atoms with van der Waals surface area (Å²) < 4.78 is 0. The lowest BCUT2D eigenvalue weighted by atomic mass is 9.99. The summed E-state index contributed by atoms with van der Waals surface area (Å²) >= 11 is 0. The maximum Gasteiger partial charge on any atom is 0.303 e. The molecule has 4 unspecified atom stereocenters. The molecule has 4 amide bonds. The van der Waals surface area contributed by atoms with Crippen LogP contribution in [0, 0.1) is 23.7 Å². The van der Waals surface area contributed by atoms with Gasteiger partial charge in [-0.1, -0.05) is 55.4 Å². The second kappa shape index (κ2) is 21.0. The van der Waals surface area contributed by atoms with Crippen LogP contribution >= 0.6 is 0 Å². The van der Waals surface area contributed by atoms with Crippen LogP contribution in [-0.4, -0.2) is 87.3 Å². The van der Waals surface area contributed by atoms with Crippen LogP contribution in [-0.2, 0) is 24.0 Å². The Labute approximate surface area is 263 Å². The molecule has 0 heterocycles. The minimum absolute atomic E-state index is 0.00208. The third-order valence-corrected chi connectivity index (χ3v) is 6.85. The molecule has 0 spiro atoms. The molecule has 0 radical (unpaired) electrons. The molecular weight excluding hydrogens is 570 g/mol. The summed E-state index contributed by atoms with van der Waals surface area (Å²) in [6, 6.07) is -1.50. The summed E-state index contributed by atoms with van der Waals surface area (Å²) in [5.41, 5.74) is 0. The summed E-state index contributed by atoms with van der Waals surface area (Å²) in [4.78, 5) is 61.5. The molecule has 14 heteroatoms. The molecule has 44 heavy (non-hydrogen) atoms. The van der Waals surface area contributed by atoms with Crippen LogP contribution in [0.1, 0.15) is 100 Å². The number of amides is 4. The Kier molecular flexibility index (Phi) is 19.7. The summed E-state index contributed by atoms with van der Waals surface area (Å²) in [5.74, 6) is 9.59. The molecule has 0 aliphatic rings. The van der Waals surface area contributed by atoms with Gasteiger partial charge in [0.1, 0.15) is 18.8 Å². The van der Waals surface area contributed by atoms with E-state index in [4.69, 9.17) is 16.8 Å². The first-order valence-electron chi connectivity index (χ1n) is 15.7. The van der Waals surface area contributed by atoms with Gasteiger partial charge in [-0.2, -0.15) is 0 Å². The average Bonchev–Trinajstić information content (AvgIpc) is 2.86.